The molecule has 1 aromatic rings. The second-order valence-electron chi connectivity index (χ2n) is 4.34. The van der Waals surface area contributed by atoms with E-state index in [1.54, 1.807) is 12.1 Å². The highest BCUT2D eigenvalue weighted by Gasteiger charge is 2.32. The molecule has 0 heterocycles. The molecule has 90 valence electrons. The summed E-state index contributed by atoms with van der Waals surface area (Å²) in [4.78, 5) is 0. The lowest BCUT2D eigenvalue weighted by Crippen LogP contribution is -2.25. The fraction of sp³-hybridized carbons (Fsp3) is 0.400. The Balaban J connectivity index is 2.79. The molecule has 1 atom stereocenters. The Kier molecular flexibility index (Phi) is 4.62. The molecule has 0 saturated heterocycles. The number of rotatable bonds is 5. The highest BCUT2D eigenvalue weighted by atomic mass is 35.5. The van der Waals surface area contributed by atoms with Crippen molar-refractivity contribution in [2.75, 3.05) is 5.62 Å². The van der Waals surface area contributed by atoms with E-state index in [0.717, 1.165) is 0 Å². The molecule has 0 fully saturated rings. The van der Waals surface area contributed by atoms with Crippen molar-refractivity contribution in [3.05, 3.63) is 30.3 Å². The third kappa shape index (κ3) is 4.70. The van der Waals surface area contributed by atoms with Gasteiger partial charge in [0.2, 0.25) is 0 Å². The van der Waals surface area contributed by atoms with E-state index >= 15 is 0 Å². The van der Waals surface area contributed by atoms with Crippen LogP contribution in [0.4, 0.5) is 0 Å². The second kappa shape index (κ2) is 5.37. The number of hydrogen-bond donors (Lipinski definition) is 0. The predicted octanol–water partition coefficient (Wildman–Crippen LogP) is 4.31. The Hall–Kier alpha value is -0.283. The fourth-order valence-corrected chi connectivity index (χ4v) is 5.89. The predicted molar refractivity (Wildman–Crippen MR) is 69.8 cm³/mol. The SMILES string of the molecule is C[Si](C)(C)OP(=O)(CCl)Oc1ccccc1. The number of alkyl halides is 1. The van der Waals surface area contributed by atoms with Crippen LogP contribution in [-0.4, -0.2) is 13.9 Å². The van der Waals surface area contributed by atoms with Crippen LogP contribution in [0.3, 0.4) is 0 Å². The molecule has 0 N–H and O–H groups in total. The summed E-state index contributed by atoms with van der Waals surface area (Å²) in [5.41, 5.74) is -0.133. The minimum atomic E-state index is -3.22. The van der Waals surface area contributed by atoms with Gasteiger partial charge in [-0.3, -0.25) is 0 Å². The maximum atomic E-state index is 12.2. The summed E-state index contributed by atoms with van der Waals surface area (Å²) in [5.74, 6) is 0.518. The Morgan fingerprint density at radius 2 is 1.81 bits per heavy atom. The summed E-state index contributed by atoms with van der Waals surface area (Å²) in [6.45, 7) is 5.83. The van der Waals surface area contributed by atoms with E-state index in [1.165, 1.54) is 0 Å². The van der Waals surface area contributed by atoms with Crippen LogP contribution >= 0.6 is 19.2 Å². The van der Waals surface area contributed by atoms with E-state index in [2.05, 4.69) is 0 Å². The van der Waals surface area contributed by atoms with Gasteiger partial charge in [-0.2, -0.15) is 0 Å². The Labute approximate surface area is 102 Å². The van der Waals surface area contributed by atoms with Crippen molar-refractivity contribution >= 4 is 27.5 Å². The van der Waals surface area contributed by atoms with Crippen molar-refractivity contribution in [1.82, 2.24) is 0 Å². The van der Waals surface area contributed by atoms with Crippen molar-refractivity contribution in [3.8, 4) is 5.75 Å². The van der Waals surface area contributed by atoms with E-state index in [1.807, 2.05) is 37.8 Å². The number of para-hydroxylation sites is 1. The van der Waals surface area contributed by atoms with Gasteiger partial charge in [-0.15, -0.1) is 11.6 Å². The molecule has 0 bridgehead atoms. The van der Waals surface area contributed by atoms with Gasteiger partial charge >= 0.3 is 7.60 Å². The zero-order valence-electron chi connectivity index (χ0n) is 9.64. The Bertz CT molecular complexity index is 377. The lowest BCUT2D eigenvalue weighted by Gasteiger charge is -2.24. The zero-order valence-corrected chi connectivity index (χ0v) is 12.3. The molecule has 0 aromatic heterocycles. The summed E-state index contributed by atoms with van der Waals surface area (Å²) in [6, 6.07) is 8.93. The zero-order chi connectivity index (χ0) is 12.2. The number of hydrogen-bond acceptors (Lipinski definition) is 3. The van der Waals surface area contributed by atoms with Gasteiger partial charge in [-0.1, -0.05) is 18.2 Å². The first-order valence-electron chi connectivity index (χ1n) is 4.95. The van der Waals surface area contributed by atoms with E-state index in [4.69, 9.17) is 20.3 Å². The standard InChI is InChI=1S/C10H16ClO3PSi/c1-16(2,3)14-15(12,9-11)13-10-7-5-4-6-8-10/h4-8H,9H2,1-3H3. The highest BCUT2D eigenvalue weighted by Crippen LogP contribution is 2.51. The van der Waals surface area contributed by atoms with Gasteiger partial charge in [0.25, 0.3) is 0 Å². The van der Waals surface area contributed by atoms with Crippen LogP contribution in [0, 0.1) is 0 Å². The lowest BCUT2D eigenvalue weighted by molar-refractivity contribution is 0.390. The first-order chi connectivity index (χ1) is 7.35. The van der Waals surface area contributed by atoms with Gasteiger partial charge < -0.3 is 8.74 Å². The average molecular weight is 279 g/mol. The normalized spacial score (nSPS) is 15.5. The van der Waals surface area contributed by atoms with Crippen LogP contribution < -0.4 is 4.52 Å². The first-order valence-corrected chi connectivity index (χ1v) is 10.6. The molecule has 0 aliphatic heterocycles. The van der Waals surface area contributed by atoms with Crippen LogP contribution in [0.25, 0.3) is 0 Å². The maximum Gasteiger partial charge on any atom is 0.384 e. The van der Waals surface area contributed by atoms with E-state index in [9.17, 15) is 4.57 Å². The molecular weight excluding hydrogens is 263 g/mol. The summed E-state index contributed by atoms with van der Waals surface area (Å²) in [5, 5.41) is 0. The van der Waals surface area contributed by atoms with E-state index in [-0.39, 0.29) is 5.62 Å². The van der Waals surface area contributed by atoms with Crippen LogP contribution in [0.1, 0.15) is 0 Å². The number of benzene rings is 1. The molecular formula is C10H16ClO3PSi. The van der Waals surface area contributed by atoms with Crippen molar-refractivity contribution in [1.29, 1.82) is 0 Å². The average Bonchev–Trinajstić information content (AvgIpc) is 2.16. The molecule has 1 unspecified atom stereocenters. The van der Waals surface area contributed by atoms with Gasteiger partial charge in [0.1, 0.15) is 11.4 Å². The van der Waals surface area contributed by atoms with Gasteiger partial charge in [0, 0.05) is 0 Å². The monoisotopic (exact) mass is 278 g/mol. The largest absolute Gasteiger partial charge is 0.424 e. The first kappa shape index (κ1) is 13.8. The lowest BCUT2D eigenvalue weighted by atomic mass is 10.3. The summed E-state index contributed by atoms with van der Waals surface area (Å²) >= 11 is 5.67. The van der Waals surface area contributed by atoms with Crippen molar-refractivity contribution in [2.45, 2.75) is 19.6 Å². The van der Waals surface area contributed by atoms with Crippen molar-refractivity contribution in [2.24, 2.45) is 0 Å². The molecule has 3 nitrogen and oxygen atoms in total. The fourth-order valence-electron chi connectivity index (χ4n) is 1.13. The molecule has 16 heavy (non-hydrogen) atoms. The summed E-state index contributed by atoms with van der Waals surface area (Å²) in [7, 11) is -5.16. The van der Waals surface area contributed by atoms with E-state index in [0.29, 0.717) is 5.75 Å². The van der Waals surface area contributed by atoms with Gasteiger partial charge in [0.05, 0.1) is 0 Å². The molecule has 6 heteroatoms. The summed E-state index contributed by atoms with van der Waals surface area (Å²) < 4.78 is 23.1. The van der Waals surface area contributed by atoms with Crippen LogP contribution in [0.15, 0.2) is 30.3 Å². The quantitative estimate of drug-likeness (QED) is 0.457. The van der Waals surface area contributed by atoms with Crippen LogP contribution in [0.2, 0.25) is 19.6 Å². The molecule has 0 aliphatic carbocycles. The van der Waals surface area contributed by atoms with Crippen molar-refractivity contribution in [3.63, 3.8) is 0 Å². The Morgan fingerprint density at radius 1 is 1.25 bits per heavy atom. The molecule has 0 saturated carbocycles. The minimum Gasteiger partial charge on any atom is -0.424 e. The Morgan fingerprint density at radius 3 is 2.25 bits per heavy atom. The molecule has 0 amide bonds. The van der Waals surface area contributed by atoms with Crippen molar-refractivity contribution < 1.29 is 13.3 Å². The third-order valence-electron chi connectivity index (χ3n) is 1.55. The second-order valence-corrected chi connectivity index (χ2v) is 11.7. The number of halogens is 1. The van der Waals surface area contributed by atoms with Crippen LogP contribution in [-0.2, 0) is 8.78 Å². The highest BCUT2D eigenvalue weighted by molar-refractivity contribution is 7.57. The molecule has 1 rings (SSSR count). The van der Waals surface area contributed by atoms with Crippen LogP contribution in [0.5, 0.6) is 5.75 Å². The minimum absolute atomic E-state index is 0.133. The molecule has 0 radical (unpaired) electrons. The van der Waals surface area contributed by atoms with E-state index < -0.39 is 15.9 Å². The molecule has 1 aromatic carbocycles. The third-order valence-corrected chi connectivity index (χ3v) is 6.51. The maximum absolute atomic E-state index is 12.2. The molecule has 0 aliphatic rings. The smallest absolute Gasteiger partial charge is 0.384 e. The molecule has 0 spiro atoms. The van der Waals surface area contributed by atoms with Gasteiger partial charge in [-0.25, -0.2) is 4.57 Å². The van der Waals surface area contributed by atoms with Gasteiger partial charge in [0.15, 0.2) is 8.32 Å². The summed E-state index contributed by atoms with van der Waals surface area (Å²) in [6.07, 6.45) is 0. The van der Waals surface area contributed by atoms with Gasteiger partial charge in [-0.05, 0) is 31.8 Å². The topological polar surface area (TPSA) is 35.5 Å².